The molecule has 0 N–H and O–H groups in total. The topological polar surface area (TPSA) is 79.2 Å². The molecule has 7 heteroatoms. The van der Waals surface area contributed by atoms with E-state index in [0.717, 1.165) is 19.3 Å². The molecule has 2 heterocycles. The average molecular weight is 307 g/mol. The summed E-state index contributed by atoms with van der Waals surface area (Å²) in [5.41, 5.74) is 0.616. The summed E-state index contributed by atoms with van der Waals surface area (Å²) in [6, 6.07) is 11.1. The first kappa shape index (κ1) is 15.4. The Balaban J connectivity index is 1.46. The first-order chi connectivity index (χ1) is 10.8. The second kappa shape index (κ2) is 7.15. The van der Waals surface area contributed by atoms with Gasteiger partial charge in [0, 0.05) is 18.4 Å². The highest BCUT2D eigenvalue weighted by atomic mass is 17.3. The lowest BCUT2D eigenvalue weighted by molar-refractivity contribution is -0.320. The summed E-state index contributed by atoms with van der Waals surface area (Å²) >= 11 is 0. The van der Waals surface area contributed by atoms with Gasteiger partial charge in [-0.3, -0.25) is 4.74 Å². The molecule has 0 aromatic heterocycles. The largest absolute Gasteiger partial charge is 0.320 e. The van der Waals surface area contributed by atoms with E-state index in [2.05, 4.69) is 4.89 Å². The maximum atomic E-state index is 9.38. The van der Waals surface area contributed by atoms with E-state index in [1.54, 1.807) is 12.1 Å². The molecule has 2 aliphatic heterocycles. The molecule has 22 heavy (non-hydrogen) atoms. The lowest BCUT2D eigenvalue weighted by Crippen LogP contribution is -2.26. The molecular formula is C15H17NO6. The van der Waals surface area contributed by atoms with Crippen LogP contribution in [0.4, 0.5) is 0 Å². The first-order valence-electron chi connectivity index (χ1n) is 7.21. The van der Waals surface area contributed by atoms with Crippen LogP contribution in [0.15, 0.2) is 30.3 Å². The highest BCUT2D eigenvalue weighted by molar-refractivity contribution is 5.26. The van der Waals surface area contributed by atoms with Gasteiger partial charge in [-0.15, -0.1) is 0 Å². The molecule has 1 aromatic rings. The third-order valence-electron chi connectivity index (χ3n) is 3.48. The van der Waals surface area contributed by atoms with Crippen molar-refractivity contribution < 1.29 is 29.0 Å². The quantitative estimate of drug-likeness (QED) is 0.590. The summed E-state index contributed by atoms with van der Waals surface area (Å²) in [7, 11) is 0. The predicted molar refractivity (Wildman–Crippen MR) is 71.2 cm³/mol. The Hall–Kier alpha value is -1.53. The number of ether oxygens (including phenoxy) is 2. The molecule has 1 aromatic carbocycles. The van der Waals surface area contributed by atoms with Crippen LogP contribution in [0.5, 0.6) is 0 Å². The van der Waals surface area contributed by atoms with E-state index < -0.39 is 12.1 Å². The van der Waals surface area contributed by atoms with Crippen molar-refractivity contribution in [2.45, 2.75) is 44.1 Å². The minimum atomic E-state index is -1.49. The van der Waals surface area contributed by atoms with Crippen LogP contribution in [0, 0.1) is 11.3 Å². The van der Waals surface area contributed by atoms with Gasteiger partial charge in [-0.25, -0.2) is 9.78 Å². The van der Waals surface area contributed by atoms with Crippen LogP contribution in [0.3, 0.4) is 0 Å². The second-order valence-electron chi connectivity index (χ2n) is 5.03. The third kappa shape index (κ3) is 3.44. The second-order valence-corrected chi connectivity index (χ2v) is 5.03. The molecular weight excluding hydrogens is 290 g/mol. The SMILES string of the molecule is N#CC1(c2ccccc2)OOC(CCCCC2OCOO2)O1. The lowest BCUT2D eigenvalue weighted by atomic mass is 10.1. The molecule has 2 aliphatic rings. The Morgan fingerprint density at radius 2 is 1.86 bits per heavy atom. The van der Waals surface area contributed by atoms with Gasteiger partial charge < -0.3 is 4.74 Å². The molecule has 3 rings (SSSR count). The standard InChI is InChI=1S/C15H17NO6/c16-10-15(12-6-2-1-3-7-12)19-14(21-22-15)9-5-4-8-13-17-11-18-20-13/h1-3,6-7,13-14H,4-5,8-9,11H2. The summed E-state index contributed by atoms with van der Waals surface area (Å²) < 4.78 is 10.8. The van der Waals surface area contributed by atoms with Gasteiger partial charge in [0.15, 0.2) is 19.4 Å². The van der Waals surface area contributed by atoms with E-state index in [0.29, 0.717) is 12.0 Å². The molecule has 3 atom stereocenters. The number of benzene rings is 1. The Bertz CT molecular complexity index is 513. The minimum Gasteiger partial charge on any atom is -0.320 e. The van der Waals surface area contributed by atoms with E-state index in [9.17, 15) is 5.26 Å². The zero-order chi connectivity index (χ0) is 15.3. The maximum absolute atomic E-state index is 9.38. The summed E-state index contributed by atoms with van der Waals surface area (Å²) in [6.07, 6.45) is 2.17. The molecule has 0 bridgehead atoms. The smallest absolute Gasteiger partial charge is 0.318 e. The maximum Gasteiger partial charge on any atom is 0.318 e. The third-order valence-corrected chi connectivity index (χ3v) is 3.48. The first-order valence-corrected chi connectivity index (χ1v) is 7.21. The van der Waals surface area contributed by atoms with Crippen molar-refractivity contribution in [2.75, 3.05) is 6.79 Å². The summed E-state index contributed by atoms with van der Waals surface area (Å²) in [5, 5.41) is 9.38. The van der Waals surface area contributed by atoms with Crippen molar-refractivity contribution in [1.29, 1.82) is 5.26 Å². The van der Waals surface area contributed by atoms with E-state index in [1.807, 2.05) is 24.3 Å². The molecule has 0 amide bonds. The fourth-order valence-corrected chi connectivity index (χ4v) is 2.32. The van der Waals surface area contributed by atoms with E-state index in [1.165, 1.54) is 0 Å². The Morgan fingerprint density at radius 1 is 1.09 bits per heavy atom. The van der Waals surface area contributed by atoms with Crippen LogP contribution in [0.2, 0.25) is 0 Å². The van der Waals surface area contributed by atoms with Crippen LogP contribution in [0.1, 0.15) is 31.2 Å². The Morgan fingerprint density at radius 3 is 2.55 bits per heavy atom. The number of unbranched alkanes of at least 4 members (excludes halogenated alkanes) is 1. The van der Waals surface area contributed by atoms with Crippen molar-refractivity contribution >= 4 is 0 Å². The highest BCUT2D eigenvalue weighted by Gasteiger charge is 2.45. The summed E-state index contributed by atoms with van der Waals surface area (Å²) in [6.45, 7) is 0.176. The van der Waals surface area contributed by atoms with Gasteiger partial charge in [0.25, 0.3) is 0 Å². The van der Waals surface area contributed by atoms with E-state index in [4.69, 9.17) is 24.1 Å². The van der Waals surface area contributed by atoms with Gasteiger partial charge in [-0.05, 0) is 12.8 Å². The molecule has 3 unspecified atom stereocenters. The number of rotatable bonds is 6. The molecule has 0 aliphatic carbocycles. The predicted octanol–water partition coefficient (Wildman–Crippen LogP) is 2.49. The molecule has 0 spiro atoms. The monoisotopic (exact) mass is 307 g/mol. The van der Waals surface area contributed by atoms with Gasteiger partial charge in [0.2, 0.25) is 0 Å². The Kier molecular flexibility index (Phi) is 5.00. The van der Waals surface area contributed by atoms with Gasteiger partial charge in [0.1, 0.15) is 6.07 Å². The molecule has 118 valence electrons. The lowest BCUT2D eigenvalue weighted by Gasteiger charge is -2.16. The van der Waals surface area contributed by atoms with E-state index >= 15 is 0 Å². The number of nitrogens with zero attached hydrogens (tertiary/aromatic N) is 1. The fourth-order valence-electron chi connectivity index (χ4n) is 2.32. The molecule has 2 fully saturated rings. The zero-order valence-corrected chi connectivity index (χ0v) is 12.0. The minimum absolute atomic E-state index is 0.176. The van der Waals surface area contributed by atoms with Crippen LogP contribution in [-0.4, -0.2) is 19.4 Å². The number of nitriles is 1. The van der Waals surface area contributed by atoms with Crippen LogP contribution in [0.25, 0.3) is 0 Å². The van der Waals surface area contributed by atoms with Crippen LogP contribution < -0.4 is 0 Å². The van der Waals surface area contributed by atoms with Gasteiger partial charge >= 0.3 is 5.79 Å². The van der Waals surface area contributed by atoms with Crippen molar-refractivity contribution in [1.82, 2.24) is 0 Å². The summed E-state index contributed by atoms with van der Waals surface area (Å²) in [4.78, 5) is 19.9. The van der Waals surface area contributed by atoms with Gasteiger partial charge in [-0.1, -0.05) is 30.3 Å². The molecule has 7 nitrogen and oxygen atoms in total. The average Bonchev–Trinajstić information content (AvgIpc) is 3.23. The van der Waals surface area contributed by atoms with E-state index in [-0.39, 0.29) is 13.1 Å². The zero-order valence-electron chi connectivity index (χ0n) is 12.0. The number of hydrogen-bond acceptors (Lipinski definition) is 7. The summed E-state index contributed by atoms with van der Waals surface area (Å²) in [5.74, 6) is -1.49. The molecule has 0 saturated carbocycles. The van der Waals surface area contributed by atoms with Gasteiger partial charge in [0.05, 0.1) is 0 Å². The van der Waals surface area contributed by atoms with Crippen LogP contribution >= 0.6 is 0 Å². The van der Waals surface area contributed by atoms with Gasteiger partial charge in [-0.2, -0.15) is 15.0 Å². The van der Waals surface area contributed by atoms with Crippen molar-refractivity contribution in [3.8, 4) is 6.07 Å². The van der Waals surface area contributed by atoms with Crippen molar-refractivity contribution in [2.24, 2.45) is 0 Å². The van der Waals surface area contributed by atoms with Crippen molar-refractivity contribution in [3.63, 3.8) is 0 Å². The normalized spacial score (nSPS) is 31.2. The Labute approximate surface area is 128 Å². The molecule has 2 saturated heterocycles. The highest BCUT2D eigenvalue weighted by Crippen LogP contribution is 2.36. The number of hydrogen-bond donors (Lipinski definition) is 0. The van der Waals surface area contributed by atoms with Crippen molar-refractivity contribution in [3.05, 3.63) is 35.9 Å². The fraction of sp³-hybridized carbons (Fsp3) is 0.533. The molecule has 0 radical (unpaired) electrons. The van der Waals surface area contributed by atoms with Crippen LogP contribution in [-0.2, 0) is 34.8 Å².